The molecule has 2 nitrogen and oxygen atoms in total. The summed E-state index contributed by atoms with van der Waals surface area (Å²) < 4.78 is 0.689. The zero-order valence-corrected chi connectivity index (χ0v) is 21.5. The number of fused-ring (bicyclic) bond motifs is 1. The Morgan fingerprint density at radius 2 is 2.00 bits per heavy atom. The Balaban J connectivity index is 1.93. The van der Waals surface area contributed by atoms with Gasteiger partial charge in [0.2, 0.25) is 0 Å². The Labute approximate surface area is 192 Å². The molecule has 0 aromatic rings. The van der Waals surface area contributed by atoms with Crippen LogP contribution in [0, 0.1) is 22.7 Å². The second-order valence-corrected chi connectivity index (χ2v) is 12.2. The number of hydrogen-bond donors (Lipinski definition) is 1. The van der Waals surface area contributed by atoms with Gasteiger partial charge in [-0.15, -0.1) is 0 Å². The summed E-state index contributed by atoms with van der Waals surface area (Å²) in [5.41, 5.74) is 7.94. The average molecular weight is 515 g/mol. The minimum absolute atomic E-state index is 0.449. The van der Waals surface area contributed by atoms with Crippen LogP contribution in [-0.2, 0) is 0 Å². The minimum atomic E-state index is 0.449. The lowest BCUT2D eigenvalue weighted by molar-refractivity contribution is -0.0539. The van der Waals surface area contributed by atoms with Crippen molar-refractivity contribution in [2.75, 3.05) is 0 Å². The first-order valence-electron chi connectivity index (χ1n) is 10.9. The van der Waals surface area contributed by atoms with Crippen molar-refractivity contribution in [1.29, 1.82) is 0 Å². The molecule has 158 valence electrons. The molecule has 0 aromatic carbocycles. The highest BCUT2D eigenvalue weighted by Gasteiger charge is 2.52. The molecule has 1 N–H and O–H groups in total. The van der Waals surface area contributed by atoms with Crippen molar-refractivity contribution in [3.63, 3.8) is 0 Å². The van der Waals surface area contributed by atoms with E-state index in [0.717, 1.165) is 24.5 Å². The van der Waals surface area contributed by atoms with Gasteiger partial charge in [0.05, 0.1) is 0 Å². The highest BCUT2D eigenvalue weighted by atomic mass is 127. The first-order valence-corrected chi connectivity index (χ1v) is 12.4. The maximum Gasteiger partial charge on any atom is 0.157 e. The Bertz CT molecular complexity index is 649. The van der Waals surface area contributed by atoms with Crippen LogP contribution < -0.4 is 5.43 Å². The quantitative estimate of drug-likeness (QED) is 0.0709. The van der Waals surface area contributed by atoms with Gasteiger partial charge in [-0.3, -0.25) is 5.43 Å². The van der Waals surface area contributed by atoms with Gasteiger partial charge in [0.25, 0.3) is 0 Å². The van der Waals surface area contributed by atoms with E-state index in [1.54, 1.807) is 0 Å². The normalized spacial score (nSPS) is 30.7. The van der Waals surface area contributed by atoms with Crippen LogP contribution >= 0.6 is 34.8 Å². The van der Waals surface area contributed by atoms with Gasteiger partial charge in [-0.25, -0.2) is 0 Å². The molecule has 2 saturated carbocycles. The van der Waals surface area contributed by atoms with Gasteiger partial charge >= 0.3 is 0 Å². The van der Waals surface area contributed by atoms with Crippen LogP contribution in [0.5, 0.6) is 0 Å². The Hall–Kier alpha value is -0.230. The highest BCUT2D eigenvalue weighted by Crippen LogP contribution is 2.61. The van der Waals surface area contributed by atoms with Gasteiger partial charge in [0.15, 0.2) is 3.00 Å². The molecule has 2 rings (SSSR count). The van der Waals surface area contributed by atoms with Crippen LogP contribution in [0.25, 0.3) is 0 Å². The number of thiocarbonyl (C=S) groups is 1. The third-order valence-electron chi connectivity index (χ3n) is 7.48. The van der Waals surface area contributed by atoms with Crippen molar-refractivity contribution in [2.45, 2.75) is 92.4 Å². The van der Waals surface area contributed by atoms with E-state index in [-0.39, 0.29) is 0 Å². The molecule has 0 saturated heterocycles. The van der Waals surface area contributed by atoms with Gasteiger partial charge in [0.1, 0.15) is 0 Å². The number of nitrogens with zero attached hydrogens (tertiary/aromatic N) is 1. The summed E-state index contributed by atoms with van der Waals surface area (Å²) in [6, 6.07) is 0. The molecule has 3 atom stereocenters. The molecule has 0 spiro atoms. The number of halogens is 1. The van der Waals surface area contributed by atoms with E-state index in [9.17, 15) is 0 Å². The molecular formula is C24H39IN2S. The maximum atomic E-state index is 4.99. The second-order valence-electron chi connectivity index (χ2n) is 10.0. The van der Waals surface area contributed by atoms with E-state index >= 15 is 0 Å². The molecular weight excluding hydrogens is 475 g/mol. The molecule has 0 aromatic heterocycles. The van der Waals surface area contributed by atoms with E-state index in [4.69, 9.17) is 12.2 Å². The van der Waals surface area contributed by atoms with Crippen LogP contribution in [0.4, 0.5) is 0 Å². The topological polar surface area (TPSA) is 24.4 Å². The lowest BCUT2D eigenvalue weighted by Crippen LogP contribution is -2.49. The highest BCUT2D eigenvalue weighted by molar-refractivity contribution is 14.1. The Kier molecular flexibility index (Phi) is 8.75. The average Bonchev–Trinajstić information content (AvgIpc) is 2.58. The molecule has 28 heavy (non-hydrogen) atoms. The van der Waals surface area contributed by atoms with E-state index in [0.29, 0.717) is 19.7 Å². The van der Waals surface area contributed by atoms with Gasteiger partial charge in [-0.2, -0.15) is 5.10 Å². The molecule has 0 bridgehead atoms. The smallest absolute Gasteiger partial charge is 0.157 e. The molecule has 0 aliphatic heterocycles. The zero-order valence-electron chi connectivity index (χ0n) is 18.5. The van der Waals surface area contributed by atoms with Crippen LogP contribution in [0.15, 0.2) is 28.9 Å². The predicted molar refractivity (Wildman–Crippen MR) is 136 cm³/mol. The summed E-state index contributed by atoms with van der Waals surface area (Å²) in [4.78, 5) is 0. The molecule has 4 heteroatoms. The van der Waals surface area contributed by atoms with E-state index in [1.807, 2.05) is 0 Å². The van der Waals surface area contributed by atoms with Crippen molar-refractivity contribution >= 4 is 43.5 Å². The molecule has 2 fully saturated rings. The summed E-state index contributed by atoms with van der Waals surface area (Å²) in [5.74, 6) is 1.54. The van der Waals surface area contributed by atoms with E-state index in [2.05, 4.69) is 80.4 Å². The van der Waals surface area contributed by atoms with Crippen LogP contribution in [0.1, 0.15) is 92.4 Å². The van der Waals surface area contributed by atoms with Gasteiger partial charge in [-0.1, -0.05) is 63.2 Å². The van der Waals surface area contributed by atoms with E-state index < -0.39 is 0 Å². The summed E-state index contributed by atoms with van der Waals surface area (Å²) in [5, 5.41) is 4.29. The summed E-state index contributed by atoms with van der Waals surface area (Å²) >= 11 is 7.06. The third kappa shape index (κ3) is 6.13. The van der Waals surface area contributed by atoms with Gasteiger partial charge in [0, 0.05) is 5.71 Å². The number of rotatable bonds is 7. The lowest BCUT2D eigenvalue weighted by Gasteiger charge is -2.58. The minimum Gasteiger partial charge on any atom is -0.263 e. The third-order valence-corrected chi connectivity index (χ3v) is 7.81. The lowest BCUT2D eigenvalue weighted by atomic mass is 9.47. The summed E-state index contributed by atoms with van der Waals surface area (Å²) in [6.07, 6.45) is 13.6. The summed E-state index contributed by atoms with van der Waals surface area (Å²) in [6.45, 7) is 16.5. The monoisotopic (exact) mass is 514 g/mol. The standard InChI is InChI=1S/C24H39IN2S/c1-17(9-7-10-19(3)26-27-22(25)28)11-13-20-18(2)12-14-21-23(4,5)15-8-16-24(20,21)6/h9,20-21H,2,7-8,10-16H2,1,3-6H3,(H,27,28)/b17-9-,26-19+/t20?,21?,24-/m1/s1. The number of nitrogens with one attached hydrogen (secondary N) is 1. The number of hydrazone groups is 1. The van der Waals surface area contributed by atoms with Crippen molar-refractivity contribution in [3.05, 3.63) is 23.8 Å². The second kappa shape index (κ2) is 10.2. The maximum absolute atomic E-state index is 4.99. The predicted octanol–water partition coefficient (Wildman–Crippen LogP) is 7.98. The Morgan fingerprint density at radius 1 is 1.29 bits per heavy atom. The Morgan fingerprint density at radius 3 is 2.68 bits per heavy atom. The first kappa shape index (κ1) is 24.0. The summed E-state index contributed by atoms with van der Waals surface area (Å²) in [7, 11) is 0. The number of allylic oxidation sites excluding steroid dienone is 3. The molecule has 0 heterocycles. The van der Waals surface area contributed by atoms with Crippen LogP contribution in [0.2, 0.25) is 0 Å². The van der Waals surface area contributed by atoms with Crippen LogP contribution in [0.3, 0.4) is 0 Å². The zero-order chi connectivity index (χ0) is 20.9. The van der Waals surface area contributed by atoms with Crippen molar-refractivity contribution in [2.24, 2.45) is 27.8 Å². The van der Waals surface area contributed by atoms with Gasteiger partial charge < -0.3 is 0 Å². The van der Waals surface area contributed by atoms with Crippen molar-refractivity contribution < 1.29 is 0 Å². The fourth-order valence-corrected chi connectivity index (χ4v) is 6.17. The van der Waals surface area contributed by atoms with Crippen molar-refractivity contribution in [1.82, 2.24) is 5.43 Å². The van der Waals surface area contributed by atoms with Crippen molar-refractivity contribution in [3.8, 4) is 0 Å². The largest absolute Gasteiger partial charge is 0.263 e. The molecule has 0 amide bonds. The van der Waals surface area contributed by atoms with E-state index in [1.165, 1.54) is 56.1 Å². The fraction of sp³-hybridized carbons (Fsp3) is 0.750. The molecule has 2 unspecified atom stereocenters. The van der Waals surface area contributed by atoms with Crippen LogP contribution in [-0.4, -0.2) is 8.71 Å². The first-order chi connectivity index (χ1) is 13.1. The molecule has 0 radical (unpaired) electrons. The fourth-order valence-electron chi connectivity index (χ4n) is 6.00. The van der Waals surface area contributed by atoms with Gasteiger partial charge in [-0.05, 0) is 110 Å². The SMILES string of the molecule is C=C1CCC2C(C)(C)CCC[C@]2(C)C1CC/C(C)=C\CC/C(C)=N/NC(=S)I. The number of hydrogen-bond acceptors (Lipinski definition) is 2. The molecule has 2 aliphatic carbocycles. The molecule has 2 aliphatic rings.